The summed E-state index contributed by atoms with van der Waals surface area (Å²) in [7, 11) is -2.11. The Balaban J connectivity index is 1.53. The van der Waals surface area contributed by atoms with Crippen LogP contribution >= 0.6 is 0 Å². The van der Waals surface area contributed by atoms with E-state index < -0.39 is 10.0 Å². The van der Waals surface area contributed by atoms with Crippen LogP contribution in [0.2, 0.25) is 0 Å². The van der Waals surface area contributed by atoms with Crippen molar-refractivity contribution in [3.8, 4) is 0 Å². The molecule has 2 N–H and O–H groups in total. The highest BCUT2D eigenvalue weighted by Gasteiger charge is 2.28. The molecule has 0 spiro atoms. The fourth-order valence-electron chi connectivity index (χ4n) is 3.60. The van der Waals surface area contributed by atoms with E-state index in [1.54, 1.807) is 42.3 Å². The Hall–Kier alpha value is -2.91. The van der Waals surface area contributed by atoms with Crippen molar-refractivity contribution >= 4 is 27.5 Å². The fourth-order valence-corrected chi connectivity index (χ4v) is 4.66. The fraction of sp³-hybridized carbons (Fsp3) is 0.391. The summed E-state index contributed by atoms with van der Waals surface area (Å²) in [5, 5.41) is 2.92. The number of para-hydroxylation sites is 1. The van der Waals surface area contributed by atoms with E-state index in [1.165, 1.54) is 24.3 Å². The van der Waals surface area contributed by atoms with E-state index in [9.17, 15) is 18.0 Å². The number of likely N-dealkylation sites (tertiary alicyclic amines) is 1. The lowest BCUT2D eigenvalue weighted by Crippen LogP contribution is -2.43. The molecule has 0 bridgehead atoms. The minimum atomic E-state index is -3.74. The number of nitrogens with one attached hydrogen (secondary N) is 2. The maximum Gasteiger partial charge on any atom is 0.261 e. The van der Waals surface area contributed by atoms with Gasteiger partial charge in [-0.25, -0.2) is 8.42 Å². The van der Waals surface area contributed by atoms with Gasteiger partial charge in [-0.15, -0.1) is 0 Å². The highest BCUT2D eigenvalue weighted by molar-refractivity contribution is 7.92. The largest absolute Gasteiger partial charge is 0.385 e. The van der Waals surface area contributed by atoms with E-state index in [-0.39, 0.29) is 22.6 Å². The minimum Gasteiger partial charge on any atom is -0.385 e. The number of amides is 2. The first-order chi connectivity index (χ1) is 15.4. The van der Waals surface area contributed by atoms with E-state index in [2.05, 4.69) is 10.0 Å². The van der Waals surface area contributed by atoms with E-state index in [0.29, 0.717) is 50.3 Å². The number of rotatable bonds is 9. The Morgan fingerprint density at radius 1 is 1.03 bits per heavy atom. The normalized spacial score (nSPS) is 14.7. The van der Waals surface area contributed by atoms with Crippen molar-refractivity contribution in [2.24, 2.45) is 5.92 Å². The predicted molar refractivity (Wildman–Crippen MR) is 122 cm³/mol. The lowest BCUT2D eigenvalue weighted by Gasteiger charge is -2.31. The van der Waals surface area contributed by atoms with Gasteiger partial charge in [0, 0.05) is 50.5 Å². The SMILES string of the molecule is COCCCNC(=O)C1CCN(C(=O)c2ccc(S(=O)(=O)Nc3ccccc3)cc2)CC1. The molecule has 0 unspecified atom stereocenters. The monoisotopic (exact) mass is 459 g/mol. The molecule has 1 fully saturated rings. The first-order valence-electron chi connectivity index (χ1n) is 10.6. The Morgan fingerprint density at radius 3 is 2.31 bits per heavy atom. The van der Waals surface area contributed by atoms with Crippen molar-refractivity contribution in [1.82, 2.24) is 10.2 Å². The summed E-state index contributed by atoms with van der Waals surface area (Å²) in [5.41, 5.74) is 0.893. The lowest BCUT2D eigenvalue weighted by molar-refractivity contribution is -0.126. The summed E-state index contributed by atoms with van der Waals surface area (Å²) >= 11 is 0. The maximum absolute atomic E-state index is 12.8. The molecule has 1 aliphatic rings. The van der Waals surface area contributed by atoms with Crippen LogP contribution in [0.3, 0.4) is 0 Å². The lowest BCUT2D eigenvalue weighted by atomic mass is 9.95. The number of ether oxygens (including phenoxy) is 1. The molecule has 172 valence electrons. The smallest absolute Gasteiger partial charge is 0.261 e. The molecule has 3 rings (SSSR count). The number of methoxy groups -OCH3 is 1. The average Bonchev–Trinajstić information content (AvgIpc) is 2.82. The molecule has 32 heavy (non-hydrogen) atoms. The van der Waals surface area contributed by atoms with Crippen LogP contribution < -0.4 is 10.0 Å². The minimum absolute atomic E-state index is 0.0219. The second-order valence-electron chi connectivity index (χ2n) is 7.70. The van der Waals surface area contributed by atoms with Gasteiger partial charge in [0.25, 0.3) is 15.9 Å². The topological polar surface area (TPSA) is 105 Å². The number of benzene rings is 2. The van der Waals surface area contributed by atoms with Crippen LogP contribution in [0, 0.1) is 5.92 Å². The summed E-state index contributed by atoms with van der Waals surface area (Å²) in [6, 6.07) is 14.5. The van der Waals surface area contributed by atoms with Crippen LogP contribution in [0.1, 0.15) is 29.6 Å². The van der Waals surface area contributed by atoms with Gasteiger partial charge < -0.3 is 15.0 Å². The van der Waals surface area contributed by atoms with Gasteiger partial charge >= 0.3 is 0 Å². The number of anilines is 1. The van der Waals surface area contributed by atoms with E-state index in [4.69, 9.17) is 4.74 Å². The van der Waals surface area contributed by atoms with Crippen molar-refractivity contribution in [2.45, 2.75) is 24.2 Å². The van der Waals surface area contributed by atoms with Gasteiger partial charge in [0.05, 0.1) is 4.90 Å². The van der Waals surface area contributed by atoms with Crippen LogP contribution in [-0.4, -0.2) is 58.5 Å². The van der Waals surface area contributed by atoms with Crippen LogP contribution in [0.4, 0.5) is 5.69 Å². The van der Waals surface area contributed by atoms with Gasteiger partial charge in [-0.05, 0) is 55.7 Å². The van der Waals surface area contributed by atoms with Crippen molar-refractivity contribution in [2.75, 3.05) is 38.1 Å². The summed E-state index contributed by atoms with van der Waals surface area (Å²) in [6.07, 6.45) is 1.98. The summed E-state index contributed by atoms with van der Waals surface area (Å²) in [4.78, 5) is 26.9. The predicted octanol–water partition coefficient (Wildman–Crippen LogP) is 2.49. The van der Waals surface area contributed by atoms with Crippen LogP contribution in [-0.2, 0) is 19.6 Å². The Morgan fingerprint density at radius 2 is 1.69 bits per heavy atom. The van der Waals surface area contributed by atoms with Crippen molar-refractivity contribution in [1.29, 1.82) is 0 Å². The molecule has 9 heteroatoms. The van der Waals surface area contributed by atoms with E-state index >= 15 is 0 Å². The van der Waals surface area contributed by atoms with Crippen molar-refractivity contribution in [3.63, 3.8) is 0 Å². The molecule has 2 amide bonds. The third kappa shape index (κ3) is 6.30. The number of hydrogen-bond donors (Lipinski definition) is 2. The third-order valence-corrected chi connectivity index (χ3v) is 6.81. The first kappa shape index (κ1) is 23.7. The highest BCUT2D eigenvalue weighted by Crippen LogP contribution is 2.21. The van der Waals surface area contributed by atoms with Crippen LogP contribution in [0.15, 0.2) is 59.5 Å². The zero-order valence-electron chi connectivity index (χ0n) is 18.1. The molecule has 2 aromatic rings. The molecule has 0 aromatic heterocycles. The summed E-state index contributed by atoms with van der Waals surface area (Å²) in [5.74, 6) is -0.240. The number of piperidine rings is 1. The molecule has 1 heterocycles. The number of carbonyl (C=O) groups excluding carboxylic acids is 2. The molecule has 0 aliphatic carbocycles. The van der Waals surface area contributed by atoms with Gasteiger partial charge in [-0.3, -0.25) is 14.3 Å². The van der Waals surface area contributed by atoms with Crippen LogP contribution in [0.25, 0.3) is 0 Å². The quantitative estimate of drug-likeness (QED) is 0.561. The number of carbonyl (C=O) groups is 2. The maximum atomic E-state index is 12.8. The second-order valence-corrected chi connectivity index (χ2v) is 9.38. The molecule has 0 atom stereocenters. The highest BCUT2D eigenvalue weighted by atomic mass is 32.2. The Labute approximate surface area is 189 Å². The molecule has 1 aliphatic heterocycles. The van der Waals surface area contributed by atoms with Gasteiger partial charge in [0.1, 0.15) is 0 Å². The van der Waals surface area contributed by atoms with Crippen molar-refractivity contribution in [3.05, 3.63) is 60.2 Å². The molecule has 1 saturated heterocycles. The average molecular weight is 460 g/mol. The van der Waals surface area contributed by atoms with E-state index in [0.717, 1.165) is 6.42 Å². The van der Waals surface area contributed by atoms with E-state index in [1.807, 2.05) is 0 Å². The summed E-state index contributed by atoms with van der Waals surface area (Å²) in [6.45, 7) is 2.17. The van der Waals surface area contributed by atoms with Gasteiger partial charge in [-0.1, -0.05) is 18.2 Å². The number of nitrogens with zero attached hydrogens (tertiary/aromatic N) is 1. The standard InChI is InChI=1S/C23H29N3O5S/c1-31-17-5-14-24-22(27)18-12-15-26(16-13-18)23(28)19-8-10-21(11-9-19)32(29,30)25-20-6-3-2-4-7-20/h2-4,6-11,18,25H,5,12-17H2,1H3,(H,24,27). The van der Waals surface area contributed by atoms with Crippen LogP contribution in [0.5, 0.6) is 0 Å². The number of sulfonamides is 1. The summed E-state index contributed by atoms with van der Waals surface area (Å²) < 4.78 is 32.6. The van der Waals surface area contributed by atoms with Gasteiger partial charge in [0.15, 0.2) is 0 Å². The Bertz CT molecular complexity index is 1000. The van der Waals surface area contributed by atoms with Crippen molar-refractivity contribution < 1.29 is 22.7 Å². The van der Waals surface area contributed by atoms with Gasteiger partial charge in [-0.2, -0.15) is 0 Å². The number of hydrogen-bond acceptors (Lipinski definition) is 5. The van der Waals surface area contributed by atoms with Gasteiger partial charge in [0.2, 0.25) is 5.91 Å². The zero-order valence-corrected chi connectivity index (χ0v) is 18.9. The third-order valence-electron chi connectivity index (χ3n) is 5.42. The molecular formula is C23H29N3O5S. The molecule has 0 saturated carbocycles. The Kier molecular flexibility index (Phi) is 8.24. The first-order valence-corrected chi connectivity index (χ1v) is 12.1. The molecule has 8 nitrogen and oxygen atoms in total. The zero-order chi connectivity index (χ0) is 23.0. The molecule has 2 aromatic carbocycles. The molecule has 0 radical (unpaired) electrons. The molecular weight excluding hydrogens is 430 g/mol. The second kappa shape index (κ2) is 11.1.